The van der Waals surface area contributed by atoms with Crippen molar-refractivity contribution in [2.24, 2.45) is 0 Å². The first-order valence-corrected chi connectivity index (χ1v) is 8.27. The van der Waals surface area contributed by atoms with Crippen LogP contribution in [0.4, 0.5) is 14.5 Å². The first-order valence-electron chi connectivity index (χ1n) is 8.27. The summed E-state index contributed by atoms with van der Waals surface area (Å²) in [7, 11) is 0. The van der Waals surface area contributed by atoms with Gasteiger partial charge in [0.15, 0.2) is 6.29 Å². The van der Waals surface area contributed by atoms with Crippen molar-refractivity contribution in [2.75, 3.05) is 11.9 Å². The maximum atomic E-state index is 12.8. The third-order valence-electron chi connectivity index (χ3n) is 4.02. The number of aldehydes is 1. The summed E-state index contributed by atoms with van der Waals surface area (Å²) < 4.78 is 30.3. The number of benzene rings is 2. The van der Waals surface area contributed by atoms with Crippen LogP contribution in [0, 0.1) is 11.3 Å². The average molecular weight is 379 g/mol. The van der Waals surface area contributed by atoms with Crippen molar-refractivity contribution in [3.05, 3.63) is 66.4 Å². The van der Waals surface area contributed by atoms with Crippen molar-refractivity contribution >= 4 is 22.7 Å². The third-order valence-corrected chi connectivity index (χ3v) is 4.02. The van der Waals surface area contributed by atoms with Crippen molar-refractivity contribution in [3.63, 3.8) is 0 Å². The molecule has 0 bridgehead atoms. The van der Waals surface area contributed by atoms with E-state index in [1.807, 2.05) is 18.2 Å². The van der Waals surface area contributed by atoms with E-state index in [0.717, 1.165) is 5.39 Å². The predicted octanol–water partition coefficient (Wildman–Crippen LogP) is 4.81. The lowest BCUT2D eigenvalue weighted by Crippen LogP contribution is -2.08. The second-order valence-corrected chi connectivity index (χ2v) is 5.89. The van der Waals surface area contributed by atoms with Crippen LogP contribution in [0.25, 0.3) is 22.0 Å². The highest BCUT2D eigenvalue weighted by Gasteiger charge is 2.14. The number of aromatic nitrogens is 1. The number of hydrogen-bond acceptors (Lipinski definition) is 5. The van der Waals surface area contributed by atoms with Crippen LogP contribution in [0.1, 0.15) is 10.5 Å². The molecule has 0 aliphatic heterocycles. The van der Waals surface area contributed by atoms with Crippen LogP contribution in [-0.2, 0) is 0 Å². The fourth-order valence-corrected chi connectivity index (χ4v) is 2.75. The lowest BCUT2D eigenvalue weighted by molar-refractivity contribution is -0.0492. The number of nitrogens with zero attached hydrogens (tertiary/aromatic N) is 2. The highest BCUT2D eigenvalue weighted by molar-refractivity contribution is 5.99. The third kappa shape index (κ3) is 4.13. The fraction of sp³-hybridized carbons (Fsp3) is 0.0952. The van der Waals surface area contributed by atoms with Crippen LogP contribution in [0.3, 0.4) is 0 Å². The quantitative estimate of drug-likeness (QED) is 0.471. The summed E-state index contributed by atoms with van der Waals surface area (Å²) in [5.74, 6) is -0.0417. The molecule has 0 aliphatic carbocycles. The molecule has 0 radical (unpaired) electrons. The molecule has 2 aromatic carbocycles. The molecule has 0 unspecified atom stereocenters. The topological polar surface area (TPSA) is 75.0 Å². The van der Waals surface area contributed by atoms with Crippen molar-refractivity contribution in [1.82, 2.24) is 4.98 Å². The monoisotopic (exact) mass is 379 g/mol. The molecule has 28 heavy (non-hydrogen) atoms. The van der Waals surface area contributed by atoms with Gasteiger partial charge in [0.25, 0.3) is 0 Å². The normalized spacial score (nSPS) is 10.5. The Morgan fingerprint density at radius 2 is 2.07 bits per heavy atom. The van der Waals surface area contributed by atoms with Gasteiger partial charge in [-0.2, -0.15) is 14.0 Å². The van der Waals surface area contributed by atoms with Gasteiger partial charge < -0.3 is 10.1 Å². The zero-order valence-corrected chi connectivity index (χ0v) is 14.7. The van der Waals surface area contributed by atoms with Gasteiger partial charge in [0.05, 0.1) is 17.5 Å². The number of rotatable bonds is 7. The standard InChI is InChI=1S/C21H15F2N3O2/c1-13(10-24)11-25-20-17-9-15(18-4-2-3-16(12-27)26-18)6-5-14(17)7-8-19(20)28-21(22)23/h2-9,12,21,25H,1,11H2. The zero-order valence-electron chi connectivity index (χ0n) is 14.7. The van der Waals surface area contributed by atoms with Crippen molar-refractivity contribution < 1.29 is 18.3 Å². The smallest absolute Gasteiger partial charge is 0.387 e. The first kappa shape index (κ1) is 19.0. The van der Waals surface area contributed by atoms with E-state index in [0.29, 0.717) is 28.6 Å². The fourth-order valence-electron chi connectivity index (χ4n) is 2.75. The van der Waals surface area contributed by atoms with Crippen LogP contribution >= 0.6 is 0 Å². The number of nitriles is 1. The van der Waals surface area contributed by atoms with E-state index in [9.17, 15) is 13.6 Å². The molecule has 1 heterocycles. The van der Waals surface area contributed by atoms with Gasteiger partial charge in [-0.25, -0.2) is 4.98 Å². The molecule has 0 spiro atoms. The van der Waals surface area contributed by atoms with E-state index in [1.165, 1.54) is 6.07 Å². The Hall–Kier alpha value is -3.79. The molecular formula is C21H15F2N3O2. The summed E-state index contributed by atoms with van der Waals surface area (Å²) in [5.41, 5.74) is 2.13. The van der Waals surface area contributed by atoms with Crippen LogP contribution in [0.15, 0.2) is 60.7 Å². The maximum absolute atomic E-state index is 12.8. The van der Waals surface area contributed by atoms with E-state index in [-0.39, 0.29) is 23.6 Å². The number of pyridine rings is 1. The number of hydrogen-bond donors (Lipinski definition) is 1. The van der Waals surface area contributed by atoms with E-state index in [1.54, 1.807) is 30.3 Å². The molecular weight excluding hydrogens is 364 g/mol. The molecule has 3 rings (SSSR count). The summed E-state index contributed by atoms with van der Waals surface area (Å²) in [5, 5.41) is 13.3. The van der Waals surface area contributed by atoms with E-state index in [4.69, 9.17) is 5.26 Å². The molecule has 140 valence electrons. The van der Waals surface area contributed by atoms with Gasteiger partial charge in [0.2, 0.25) is 0 Å². The molecule has 7 heteroatoms. The minimum atomic E-state index is -2.99. The molecule has 3 aromatic rings. The molecule has 5 nitrogen and oxygen atoms in total. The molecule has 0 amide bonds. The Morgan fingerprint density at radius 1 is 1.29 bits per heavy atom. The number of nitrogens with one attached hydrogen (secondary N) is 1. The van der Waals surface area contributed by atoms with Crippen LogP contribution in [0.2, 0.25) is 0 Å². The summed E-state index contributed by atoms with van der Waals surface area (Å²) >= 11 is 0. The summed E-state index contributed by atoms with van der Waals surface area (Å²) in [4.78, 5) is 15.2. The molecule has 0 saturated carbocycles. The SMILES string of the molecule is C=C(C#N)CNc1c(OC(F)F)ccc2ccc(-c3cccc(C=O)n3)cc12. The Morgan fingerprint density at radius 3 is 2.79 bits per heavy atom. The molecule has 1 aromatic heterocycles. The lowest BCUT2D eigenvalue weighted by Gasteiger charge is -2.16. The number of anilines is 1. The number of fused-ring (bicyclic) bond motifs is 1. The highest BCUT2D eigenvalue weighted by atomic mass is 19.3. The van der Waals surface area contributed by atoms with Gasteiger partial charge in [-0.15, -0.1) is 0 Å². The molecule has 0 atom stereocenters. The van der Waals surface area contributed by atoms with Crippen LogP contribution < -0.4 is 10.1 Å². The zero-order chi connectivity index (χ0) is 20.1. The second kappa shape index (κ2) is 8.27. The summed E-state index contributed by atoms with van der Waals surface area (Å²) in [6, 6.07) is 15.5. The minimum Gasteiger partial charge on any atom is -0.433 e. The van der Waals surface area contributed by atoms with Gasteiger partial charge in [0, 0.05) is 23.1 Å². The number of ether oxygens (including phenoxy) is 1. The van der Waals surface area contributed by atoms with Crippen molar-refractivity contribution in [2.45, 2.75) is 6.61 Å². The molecule has 0 aliphatic rings. The number of carbonyl (C=O) groups excluding carboxylic acids is 1. The van der Waals surface area contributed by atoms with Crippen molar-refractivity contribution in [1.29, 1.82) is 5.26 Å². The van der Waals surface area contributed by atoms with E-state index in [2.05, 4.69) is 21.6 Å². The number of carbonyl (C=O) groups is 1. The summed E-state index contributed by atoms with van der Waals surface area (Å²) in [6.07, 6.45) is 0.652. The minimum absolute atomic E-state index is 0.0417. The lowest BCUT2D eigenvalue weighted by atomic mass is 10.0. The number of alkyl halides is 2. The van der Waals surface area contributed by atoms with E-state index >= 15 is 0 Å². The Kier molecular flexibility index (Phi) is 5.61. The summed E-state index contributed by atoms with van der Waals surface area (Å²) in [6.45, 7) is 0.675. The van der Waals surface area contributed by atoms with Crippen molar-refractivity contribution in [3.8, 4) is 23.1 Å². The van der Waals surface area contributed by atoms with E-state index < -0.39 is 6.61 Å². The number of halogens is 2. The van der Waals surface area contributed by atoms with Gasteiger partial charge in [0.1, 0.15) is 11.4 Å². The second-order valence-electron chi connectivity index (χ2n) is 5.89. The average Bonchev–Trinajstić information content (AvgIpc) is 2.71. The largest absolute Gasteiger partial charge is 0.433 e. The molecule has 1 N–H and O–H groups in total. The van der Waals surface area contributed by atoms with Crippen LogP contribution in [0.5, 0.6) is 5.75 Å². The maximum Gasteiger partial charge on any atom is 0.387 e. The Bertz CT molecular complexity index is 1090. The Balaban J connectivity index is 2.14. The predicted molar refractivity (Wildman–Crippen MR) is 102 cm³/mol. The van der Waals surface area contributed by atoms with Gasteiger partial charge >= 0.3 is 6.61 Å². The van der Waals surface area contributed by atoms with Gasteiger partial charge in [-0.1, -0.05) is 30.8 Å². The van der Waals surface area contributed by atoms with Gasteiger partial charge in [-0.05, 0) is 29.7 Å². The Labute approximate surface area is 159 Å². The highest BCUT2D eigenvalue weighted by Crippen LogP contribution is 2.36. The first-order chi connectivity index (χ1) is 13.5. The van der Waals surface area contributed by atoms with Gasteiger partial charge in [-0.3, -0.25) is 4.79 Å². The molecule has 0 saturated heterocycles. The molecule has 0 fully saturated rings. The van der Waals surface area contributed by atoms with Crippen LogP contribution in [-0.4, -0.2) is 24.4 Å².